The molecule has 0 saturated heterocycles. The van der Waals surface area contributed by atoms with Gasteiger partial charge in [-0.25, -0.2) is 9.97 Å². The molecule has 3 aromatic carbocycles. The van der Waals surface area contributed by atoms with Gasteiger partial charge in [-0.1, -0.05) is 73.3 Å². The predicted molar refractivity (Wildman–Crippen MR) is 155 cm³/mol. The zero-order valence-electron chi connectivity index (χ0n) is 21.9. The molecule has 0 unspecified atom stereocenters. The topological polar surface area (TPSA) is 87.2 Å². The van der Waals surface area contributed by atoms with Gasteiger partial charge in [-0.3, -0.25) is 9.59 Å². The van der Waals surface area contributed by atoms with Crippen molar-refractivity contribution in [2.45, 2.75) is 44.6 Å². The van der Waals surface area contributed by atoms with E-state index in [4.69, 9.17) is 11.6 Å². The standard InChI is InChI=1S/C31H31ClN5O2/c1-37(20-30(38)33-25-9-3-2-4-10-25)29-19-27(32)35-28(36-29)17-21-11-15-26(16-12-21)34-31(39)24-14-13-22-7-5-6-8-23(22)18-24/h5-8,11-16,18,25H,2-4,9-10,17,20H2,1H3,(H,33,38)(H,34,39). The fraction of sp³-hybridized carbons (Fsp3) is 0.290. The molecular formula is C31H31ClN5O2. The molecule has 39 heavy (non-hydrogen) atoms. The van der Waals surface area contributed by atoms with Crippen LogP contribution in [-0.2, 0) is 11.2 Å². The molecule has 1 heterocycles. The summed E-state index contributed by atoms with van der Waals surface area (Å²) in [4.78, 5) is 36.0. The lowest BCUT2D eigenvalue weighted by molar-refractivity contribution is -0.120. The molecule has 5 rings (SSSR count). The number of likely N-dealkylation sites (N-methyl/N-ethyl adjacent to an activating group) is 1. The van der Waals surface area contributed by atoms with Crippen molar-refractivity contribution in [3.05, 3.63) is 94.9 Å². The van der Waals surface area contributed by atoms with Crippen molar-refractivity contribution < 1.29 is 9.59 Å². The predicted octanol–water partition coefficient (Wildman–Crippen LogP) is 5.81. The van der Waals surface area contributed by atoms with Crippen molar-refractivity contribution in [2.24, 2.45) is 0 Å². The van der Waals surface area contributed by atoms with Crippen LogP contribution in [0.25, 0.3) is 10.8 Å². The number of amides is 2. The lowest BCUT2D eigenvalue weighted by Gasteiger charge is -2.24. The highest BCUT2D eigenvalue weighted by atomic mass is 35.5. The van der Waals surface area contributed by atoms with E-state index < -0.39 is 0 Å². The van der Waals surface area contributed by atoms with E-state index in [-0.39, 0.29) is 29.6 Å². The Morgan fingerprint density at radius 1 is 0.974 bits per heavy atom. The summed E-state index contributed by atoms with van der Waals surface area (Å²) in [5.41, 5.74) is 2.26. The van der Waals surface area contributed by atoms with Crippen LogP contribution < -0.4 is 15.5 Å². The Kier molecular flexibility index (Phi) is 8.37. The van der Waals surface area contributed by atoms with E-state index >= 15 is 0 Å². The Hall–Kier alpha value is -3.97. The number of nitrogens with one attached hydrogen (secondary N) is 2. The van der Waals surface area contributed by atoms with Crippen molar-refractivity contribution in [1.29, 1.82) is 0 Å². The molecule has 2 amide bonds. The zero-order chi connectivity index (χ0) is 27.2. The number of carbonyl (C=O) groups excluding carboxylic acids is 2. The van der Waals surface area contributed by atoms with Gasteiger partial charge in [0.2, 0.25) is 5.91 Å². The van der Waals surface area contributed by atoms with Crippen LogP contribution in [-0.4, -0.2) is 41.4 Å². The number of carbonyl (C=O) groups is 2. The second-order valence-corrected chi connectivity index (χ2v) is 10.4. The van der Waals surface area contributed by atoms with E-state index in [1.165, 1.54) is 6.42 Å². The average Bonchev–Trinajstić information content (AvgIpc) is 2.94. The minimum Gasteiger partial charge on any atom is -0.352 e. The Morgan fingerprint density at radius 3 is 2.49 bits per heavy atom. The van der Waals surface area contributed by atoms with Gasteiger partial charge in [-0.2, -0.15) is 0 Å². The highest BCUT2D eigenvalue weighted by Gasteiger charge is 2.18. The second-order valence-electron chi connectivity index (χ2n) is 10.0. The average molecular weight is 541 g/mol. The molecule has 1 fully saturated rings. The first kappa shape index (κ1) is 26.6. The number of rotatable bonds is 8. The fourth-order valence-corrected chi connectivity index (χ4v) is 5.08. The summed E-state index contributed by atoms with van der Waals surface area (Å²) < 4.78 is 0. The third-order valence-electron chi connectivity index (χ3n) is 6.98. The smallest absolute Gasteiger partial charge is 0.255 e. The van der Waals surface area contributed by atoms with Crippen LogP contribution in [0.15, 0.2) is 66.7 Å². The number of hydrogen-bond acceptors (Lipinski definition) is 5. The number of anilines is 2. The molecule has 7 nitrogen and oxygen atoms in total. The first-order chi connectivity index (χ1) is 18.9. The van der Waals surface area contributed by atoms with E-state index in [0.717, 1.165) is 42.0 Å². The fourth-order valence-electron chi connectivity index (χ4n) is 4.90. The van der Waals surface area contributed by atoms with Gasteiger partial charge in [-0.15, -0.1) is 0 Å². The van der Waals surface area contributed by atoms with Gasteiger partial charge in [-0.05, 0) is 53.4 Å². The lowest BCUT2D eigenvalue weighted by Crippen LogP contribution is -2.42. The van der Waals surface area contributed by atoms with Gasteiger partial charge < -0.3 is 15.5 Å². The summed E-state index contributed by atoms with van der Waals surface area (Å²) in [7, 11) is 1.80. The van der Waals surface area contributed by atoms with Crippen molar-refractivity contribution in [2.75, 3.05) is 23.8 Å². The molecule has 0 aliphatic heterocycles. The molecule has 8 heteroatoms. The van der Waals surface area contributed by atoms with Gasteiger partial charge >= 0.3 is 0 Å². The molecule has 1 radical (unpaired) electrons. The molecule has 1 aromatic heterocycles. The maximum atomic E-state index is 12.8. The Bertz CT molecular complexity index is 1470. The van der Waals surface area contributed by atoms with Crippen LogP contribution in [0.4, 0.5) is 11.5 Å². The summed E-state index contributed by atoms with van der Waals surface area (Å²) in [6.45, 7) is 0.172. The van der Waals surface area contributed by atoms with Crippen LogP contribution in [0.5, 0.6) is 0 Å². The normalized spacial score (nSPS) is 13.7. The molecule has 1 saturated carbocycles. The van der Waals surface area contributed by atoms with Crippen LogP contribution >= 0.6 is 11.6 Å². The number of benzene rings is 3. The molecule has 199 valence electrons. The molecule has 0 bridgehead atoms. The number of aromatic nitrogens is 2. The van der Waals surface area contributed by atoms with Gasteiger partial charge in [0.1, 0.15) is 16.8 Å². The minimum atomic E-state index is -0.164. The third-order valence-corrected chi connectivity index (χ3v) is 7.15. The summed E-state index contributed by atoms with van der Waals surface area (Å²) >= 11 is 6.25. The SMILES string of the molecule is CN(CC(=O)NC1CCCCC1)c1[c]c(Cl)nc(Cc2ccc(NC(=O)c3ccc4ccccc4c3)cc2)n1. The summed E-state index contributed by atoms with van der Waals surface area (Å²) in [5.74, 6) is 0.808. The maximum absolute atomic E-state index is 12.8. The quantitative estimate of drug-likeness (QED) is 0.275. The monoisotopic (exact) mass is 540 g/mol. The van der Waals surface area contributed by atoms with E-state index in [1.54, 1.807) is 11.9 Å². The van der Waals surface area contributed by atoms with Crippen LogP contribution in [0, 0.1) is 6.07 Å². The summed E-state index contributed by atoms with van der Waals surface area (Å²) in [6.07, 6.45) is 6.09. The highest BCUT2D eigenvalue weighted by Crippen LogP contribution is 2.20. The Balaban J connectivity index is 1.19. The van der Waals surface area contributed by atoms with E-state index in [2.05, 4.69) is 26.7 Å². The van der Waals surface area contributed by atoms with Crippen molar-refractivity contribution in [3.8, 4) is 0 Å². The molecule has 1 aliphatic carbocycles. The van der Waals surface area contributed by atoms with Crippen LogP contribution in [0.3, 0.4) is 0 Å². The second kappa shape index (κ2) is 12.3. The van der Waals surface area contributed by atoms with Gasteiger partial charge in [0.05, 0.1) is 12.6 Å². The van der Waals surface area contributed by atoms with E-state index in [0.29, 0.717) is 29.3 Å². The zero-order valence-corrected chi connectivity index (χ0v) is 22.7. The largest absolute Gasteiger partial charge is 0.352 e. The number of nitrogens with zero attached hydrogens (tertiary/aromatic N) is 3. The van der Waals surface area contributed by atoms with Gasteiger partial charge in [0.25, 0.3) is 5.91 Å². The Morgan fingerprint density at radius 2 is 1.72 bits per heavy atom. The molecule has 4 aromatic rings. The van der Waals surface area contributed by atoms with Crippen molar-refractivity contribution >= 4 is 45.7 Å². The lowest BCUT2D eigenvalue weighted by atomic mass is 9.95. The maximum Gasteiger partial charge on any atom is 0.255 e. The molecule has 0 atom stereocenters. The molecule has 1 aliphatic rings. The van der Waals surface area contributed by atoms with Gasteiger partial charge in [0.15, 0.2) is 0 Å². The number of fused-ring (bicyclic) bond motifs is 1. The minimum absolute atomic E-state index is 0.0320. The summed E-state index contributed by atoms with van der Waals surface area (Å²) in [6, 6.07) is 24.4. The first-order valence-electron chi connectivity index (χ1n) is 13.3. The van der Waals surface area contributed by atoms with E-state index in [9.17, 15) is 9.59 Å². The molecular weight excluding hydrogens is 510 g/mol. The Labute approximate surface area is 233 Å². The van der Waals surface area contributed by atoms with Gasteiger partial charge in [0, 0.05) is 30.8 Å². The summed E-state index contributed by atoms with van der Waals surface area (Å²) in [5, 5.41) is 8.40. The van der Waals surface area contributed by atoms with Crippen molar-refractivity contribution in [1.82, 2.24) is 15.3 Å². The number of halogens is 1. The van der Waals surface area contributed by atoms with Crippen LogP contribution in [0.1, 0.15) is 53.8 Å². The van der Waals surface area contributed by atoms with Crippen molar-refractivity contribution in [3.63, 3.8) is 0 Å². The van der Waals surface area contributed by atoms with E-state index in [1.807, 2.05) is 66.7 Å². The highest BCUT2D eigenvalue weighted by molar-refractivity contribution is 6.29. The third kappa shape index (κ3) is 7.12. The number of hydrogen-bond donors (Lipinski definition) is 2. The first-order valence-corrected chi connectivity index (χ1v) is 13.7. The molecule has 2 N–H and O–H groups in total. The van der Waals surface area contributed by atoms with Crippen LogP contribution in [0.2, 0.25) is 5.15 Å². The molecule has 0 spiro atoms.